The van der Waals surface area contributed by atoms with Gasteiger partial charge < -0.3 is 19.3 Å². The Bertz CT molecular complexity index is 202. The molecule has 2 fully saturated rings. The first-order valence-electron chi connectivity index (χ1n) is 4.65. The highest BCUT2D eigenvalue weighted by molar-refractivity contribution is 4.96. The molecule has 4 nitrogen and oxygen atoms in total. The summed E-state index contributed by atoms with van der Waals surface area (Å²) >= 11 is 0. The van der Waals surface area contributed by atoms with Crippen molar-refractivity contribution in [2.45, 2.75) is 51.0 Å². The molecule has 0 saturated carbocycles. The average molecular weight is 188 g/mol. The Balaban J connectivity index is 1.86. The van der Waals surface area contributed by atoms with Gasteiger partial charge in [-0.05, 0) is 20.8 Å². The second kappa shape index (κ2) is 2.92. The number of rotatable bonds is 2. The molecule has 0 aliphatic carbocycles. The fourth-order valence-electron chi connectivity index (χ4n) is 1.70. The predicted molar refractivity (Wildman–Crippen MR) is 45.2 cm³/mol. The number of ether oxygens (including phenoxy) is 3. The summed E-state index contributed by atoms with van der Waals surface area (Å²) in [7, 11) is 0. The highest BCUT2D eigenvalue weighted by Crippen LogP contribution is 2.35. The molecule has 1 N–H and O–H groups in total. The van der Waals surface area contributed by atoms with Crippen molar-refractivity contribution in [3.05, 3.63) is 0 Å². The zero-order valence-electron chi connectivity index (χ0n) is 8.19. The standard InChI is InChI=1S/C9H16O4/c1-5(10)7-8(12-7)6-4-11-9(2,3)13-6/h5-8,10H,4H2,1-3H3/t5-,6-,7?,8?/m1/s1. The lowest BCUT2D eigenvalue weighted by Gasteiger charge is -2.16. The summed E-state index contributed by atoms with van der Waals surface area (Å²) in [6.07, 6.45) is -0.490. The molecule has 13 heavy (non-hydrogen) atoms. The van der Waals surface area contributed by atoms with Crippen LogP contribution in [0.3, 0.4) is 0 Å². The molecule has 0 radical (unpaired) electrons. The second-order valence-electron chi connectivity index (χ2n) is 4.17. The molecule has 0 bridgehead atoms. The molecular weight excluding hydrogens is 172 g/mol. The Morgan fingerprint density at radius 3 is 2.54 bits per heavy atom. The quantitative estimate of drug-likeness (QED) is 0.633. The average Bonchev–Trinajstić information content (AvgIpc) is 2.71. The lowest BCUT2D eigenvalue weighted by molar-refractivity contribution is -0.140. The first-order chi connectivity index (χ1) is 5.99. The number of hydrogen-bond acceptors (Lipinski definition) is 4. The third-order valence-electron chi connectivity index (χ3n) is 2.43. The van der Waals surface area contributed by atoms with Gasteiger partial charge in [-0.15, -0.1) is 0 Å². The highest BCUT2D eigenvalue weighted by atomic mass is 16.8. The summed E-state index contributed by atoms with van der Waals surface area (Å²) in [6.45, 7) is 6.05. The molecule has 2 unspecified atom stereocenters. The van der Waals surface area contributed by atoms with Crippen LogP contribution in [0, 0.1) is 0 Å². The molecule has 2 rings (SSSR count). The van der Waals surface area contributed by atoms with E-state index in [2.05, 4.69) is 0 Å². The minimum atomic E-state index is -0.500. The van der Waals surface area contributed by atoms with E-state index in [0.717, 1.165) is 0 Å². The molecule has 76 valence electrons. The minimum Gasteiger partial charge on any atom is -0.391 e. The van der Waals surface area contributed by atoms with Crippen LogP contribution in [-0.2, 0) is 14.2 Å². The molecule has 4 atom stereocenters. The fourth-order valence-corrected chi connectivity index (χ4v) is 1.70. The van der Waals surface area contributed by atoms with E-state index in [1.807, 2.05) is 13.8 Å². The summed E-state index contributed by atoms with van der Waals surface area (Å²) < 4.78 is 16.3. The molecule has 0 aromatic heterocycles. The van der Waals surface area contributed by atoms with Crippen LogP contribution in [-0.4, -0.2) is 41.9 Å². The van der Waals surface area contributed by atoms with E-state index in [-0.39, 0.29) is 18.3 Å². The van der Waals surface area contributed by atoms with Crippen LogP contribution in [0.25, 0.3) is 0 Å². The van der Waals surface area contributed by atoms with Crippen LogP contribution in [0.4, 0.5) is 0 Å². The maximum Gasteiger partial charge on any atom is 0.163 e. The summed E-state index contributed by atoms with van der Waals surface area (Å²) in [4.78, 5) is 0. The van der Waals surface area contributed by atoms with Gasteiger partial charge in [0.15, 0.2) is 5.79 Å². The third kappa shape index (κ3) is 1.86. The molecule has 0 amide bonds. The Labute approximate surface area is 77.8 Å². The Morgan fingerprint density at radius 1 is 1.46 bits per heavy atom. The van der Waals surface area contributed by atoms with Crippen molar-refractivity contribution in [3.8, 4) is 0 Å². The lowest BCUT2D eigenvalue weighted by atomic mass is 10.1. The number of aliphatic hydroxyl groups is 1. The number of hydrogen-bond donors (Lipinski definition) is 1. The Kier molecular flexibility index (Phi) is 2.11. The van der Waals surface area contributed by atoms with Gasteiger partial charge >= 0.3 is 0 Å². The normalized spacial score (nSPS) is 44.8. The van der Waals surface area contributed by atoms with Crippen LogP contribution in [0.2, 0.25) is 0 Å². The van der Waals surface area contributed by atoms with E-state index in [9.17, 15) is 5.11 Å². The van der Waals surface area contributed by atoms with E-state index in [0.29, 0.717) is 6.61 Å². The molecular formula is C9H16O4. The second-order valence-corrected chi connectivity index (χ2v) is 4.17. The van der Waals surface area contributed by atoms with Crippen molar-refractivity contribution in [2.75, 3.05) is 6.61 Å². The highest BCUT2D eigenvalue weighted by Gasteiger charge is 2.52. The van der Waals surface area contributed by atoms with Gasteiger partial charge in [0.05, 0.1) is 12.7 Å². The molecule has 0 aromatic carbocycles. The topological polar surface area (TPSA) is 51.2 Å². The van der Waals surface area contributed by atoms with Gasteiger partial charge in [0.2, 0.25) is 0 Å². The maximum atomic E-state index is 9.23. The van der Waals surface area contributed by atoms with Crippen molar-refractivity contribution in [3.63, 3.8) is 0 Å². The van der Waals surface area contributed by atoms with Crippen molar-refractivity contribution in [1.82, 2.24) is 0 Å². The lowest BCUT2D eigenvalue weighted by Crippen LogP contribution is -2.27. The molecule has 0 aromatic rings. The van der Waals surface area contributed by atoms with Crippen molar-refractivity contribution in [2.24, 2.45) is 0 Å². The largest absolute Gasteiger partial charge is 0.391 e. The predicted octanol–water partition coefficient (Wildman–Crippen LogP) is 0.286. The Hall–Kier alpha value is -0.160. The summed E-state index contributed by atoms with van der Waals surface area (Å²) in [5.41, 5.74) is 0. The summed E-state index contributed by atoms with van der Waals surface area (Å²) in [5, 5.41) is 9.23. The maximum absolute atomic E-state index is 9.23. The first kappa shape index (κ1) is 9.40. The minimum absolute atomic E-state index is 0.0155. The summed E-state index contributed by atoms with van der Waals surface area (Å²) in [5.74, 6) is -0.500. The summed E-state index contributed by atoms with van der Waals surface area (Å²) in [6, 6.07) is 0. The molecule has 2 saturated heterocycles. The zero-order valence-corrected chi connectivity index (χ0v) is 8.19. The van der Waals surface area contributed by atoms with E-state index in [1.165, 1.54) is 0 Å². The molecule has 2 heterocycles. The zero-order chi connectivity index (χ0) is 9.64. The molecule has 0 spiro atoms. The van der Waals surface area contributed by atoms with Crippen LogP contribution in [0.5, 0.6) is 0 Å². The fraction of sp³-hybridized carbons (Fsp3) is 1.00. The van der Waals surface area contributed by atoms with Gasteiger partial charge in [-0.25, -0.2) is 0 Å². The van der Waals surface area contributed by atoms with Crippen molar-refractivity contribution < 1.29 is 19.3 Å². The van der Waals surface area contributed by atoms with Gasteiger partial charge in [0.25, 0.3) is 0 Å². The van der Waals surface area contributed by atoms with Crippen LogP contribution in [0.1, 0.15) is 20.8 Å². The van der Waals surface area contributed by atoms with Crippen molar-refractivity contribution in [1.29, 1.82) is 0 Å². The van der Waals surface area contributed by atoms with E-state index in [4.69, 9.17) is 14.2 Å². The number of aliphatic hydroxyl groups excluding tert-OH is 1. The monoisotopic (exact) mass is 188 g/mol. The van der Waals surface area contributed by atoms with E-state index >= 15 is 0 Å². The molecule has 2 aliphatic rings. The smallest absolute Gasteiger partial charge is 0.163 e. The third-order valence-corrected chi connectivity index (χ3v) is 2.43. The van der Waals surface area contributed by atoms with E-state index < -0.39 is 11.9 Å². The van der Waals surface area contributed by atoms with Crippen LogP contribution < -0.4 is 0 Å². The van der Waals surface area contributed by atoms with Gasteiger partial charge in [-0.2, -0.15) is 0 Å². The van der Waals surface area contributed by atoms with Gasteiger partial charge in [0, 0.05) is 0 Å². The van der Waals surface area contributed by atoms with Gasteiger partial charge in [-0.3, -0.25) is 0 Å². The Morgan fingerprint density at radius 2 is 2.15 bits per heavy atom. The van der Waals surface area contributed by atoms with E-state index in [1.54, 1.807) is 6.92 Å². The number of epoxide rings is 1. The molecule has 2 aliphatic heterocycles. The van der Waals surface area contributed by atoms with Gasteiger partial charge in [0.1, 0.15) is 18.3 Å². The first-order valence-corrected chi connectivity index (χ1v) is 4.65. The van der Waals surface area contributed by atoms with Crippen molar-refractivity contribution >= 4 is 0 Å². The SMILES string of the molecule is C[C@@H](O)C1OC1[C@H]1COC(C)(C)O1. The van der Waals surface area contributed by atoms with Gasteiger partial charge in [-0.1, -0.05) is 0 Å². The van der Waals surface area contributed by atoms with Crippen LogP contribution >= 0.6 is 0 Å². The molecule has 4 heteroatoms. The van der Waals surface area contributed by atoms with Crippen LogP contribution in [0.15, 0.2) is 0 Å².